The molecule has 0 atom stereocenters. The van der Waals surface area contributed by atoms with Gasteiger partial charge in [-0.05, 0) is 48.9 Å². The molecule has 0 heterocycles. The third-order valence-electron chi connectivity index (χ3n) is 3.22. The van der Waals surface area contributed by atoms with E-state index in [4.69, 9.17) is 11.6 Å². The first-order valence-corrected chi connectivity index (χ1v) is 8.26. The van der Waals surface area contributed by atoms with Crippen molar-refractivity contribution in [3.8, 4) is 0 Å². The van der Waals surface area contributed by atoms with Crippen LogP contribution in [0.25, 0.3) is 0 Å². The van der Waals surface area contributed by atoms with Crippen LogP contribution < -0.4 is 16.0 Å². The van der Waals surface area contributed by atoms with Gasteiger partial charge in [0.25, 0.3) is 0 Å². The predicted octanol–water partition coefficient (Wildman–Crippen LogP) is 3.79. The van der Waals surface area contributed by atoms with Crippen molar-refractivity contribution in [1.82, 2.24) is 10.6 Å². The Labute approximate surface area is 174 Å². The van der Waals surface area contributed by atoms with E-state index in [1.807, 2.05) is 31.2 Å². The third kappa shape index (κ3) is 8.01. The number of nitrogens with one attached hydrogen (secondary N) is 3. The third-order valence-corrected chi connectivity index (χ3v) is 3.47. The second kappa shape index (κ2) is 11.7. The Bertz CT molecular complexity index is 723. The number of halogens is 3. The minimum Gasteiger partial charge on any atom is -0.357 e. The van der Waals surface area contributed by atoms with Crippen molar-refractivity contribution in [3.63, 3.8) is 0 Å². The number of amides is 1. The summed E-state index contributed by atoms with van der Waals surface area (Å²) in [4.78, 5) is 16.4. The summed E-state index contributed by atoms with van der Waals surface area (Å²) in [5.74, 6) is -0.0599. The molecular weight excluding hydrogens is 470 g/mol. The summed E-state index contributed by atoms with van der Waals surface area (Å²) in [6.45, 7) is 3.13. The lowest BCUT2D eigenvalue weighted by atomic mass is 10.2. The number of hydrogen-bond donors (Lipinski definition) is 3. The lowest BCUT2D eigenvalue weighted by Gasteiger charge is -2.11. The highest BCUT2D eigenvalue weighted by molar-refractivity contribution is 14.0. The van der Waals surface area contributed by atoms with Crippen LogP contribution in [0.2, 0.25) is 5.02 Å². The summed E-state index contributed by atoms with van der Waals surface area (Å²) in [6.07, 6.45) is 0. The van der Waals surface area contributed by atoms with E-state index in [-0.39, 0.29) is 42.2 Å². The zero-order valence-corrected chi connectivity index (χ0v) is 17.3. The lowest BCUT2D eigenvalue weighted by molar-refractivity contribution is -0.115. The van der Waals surface area contributed by atoms with Crippen LogP contribution >= 0.6 is 35.6 Å². The Morgan fingerprint density at radius 1 is 1.08 bits per heavy atom. The van der Waals surface area contributed by atoms with Crippen molar-refractivity contribution in [3.05, 3.63) is 64.9 Å². The summed E-state index contributed by atoms with van der Waals surface area (Å²) in [5.41, 5.74) is 1.55. The number of aliphatic imine (C=N–C) groups is 1. The van der Waals surface area contributed by atoms with Crippen LogP contribution in [0, 0.1) is 5.82 Å². The van der Waals surface area contributed by atoms with Gasteiger partial charge in [0.2, 0.25) is 5.91 Å². The Kier molecular flexibility index (Phi) is 9.97. The van der Waals surface area contributed by atoms with Gasteiger partial charge in [0.15, 0.2) is 5.96 Å². The van der Waals surface area contributed by atoms with Gasteiger partial charge < -0.3 is 16.0 Å². The normalized spacial score (nSPS) is 10.7. The van der Waals surface area contributed by atoms with Gasteiger partial charge in [0.1, 0.15) is 5.82 Å². The van der Waals surface area contributed by atoms with Gasteiger partial charge >= 0.3 is 0 Å². The molecule has 0 spiro atoms. The molecule has 26 heavy (non-hydrogen) atoms. The summed E-state index contributed by atoms with van der Waals surface area (Å²) < 4.78 is 12.9. The minimum atomic E-state index is -0.347. The molecule has 2 aromatic rings. The van der Waals surface area contributed by atoms with Gasteiger partial charge in [-0.3, -0.25) is 4.79 Å². The second-order valence-corrected chi connectivity index (χ2v) is 5.67. The Balaban J connectivity index is 0.00000338. The van der Waals surface area contributed by atoms with Gasteiger partial charge in [0, 0.05) is 17.3 Å². The van der Waals surface area contributed by atoms with E-state index in [0.29, 0.717) is 29.8 Å². The molecule has 0 unspecified atom stereocenters. The standard InChI is InChI=1S/C18H20ClFN4O.HI/c1-2-21-18(22-11-13-3-5-14(19)6-4-13)23-12-17(25)24-16-9-7-15(20)8-10-16;/h3-10H,2,11-12H2,1H3,(H,24,25)(H2,21,22,23);1H. The minimum absolute atomic E-state index is 0. The van der Waals surface area contributed by atoms with Crippen molar-refractivity contribution in [2.45, 2.75) is 13.5 Å². The first kappa shape index (κ1) is 22.2. The zero-order valence-electron chi connectivity index (χ0n) is 14.3. The number of hydrogen-bond acceptors (Lipinski definition) is 2. The number of rotatable bonds is 6. The molecule has 0 fully saturated rings. The number of nitrogens with zero attached hydrogens (tertiary/aromatic N) is 1. The van der Waals surface area contributed by atoms with Crippen LogP contribution in [0.3, 0.4) is 0 Å². The number of guanidine groups is 1. The molecule has 8 heteroatoms. The van der Waals surface area contributed by atoms with E-state index < -0.39 is 0 Å². The van der Waals surface area contributed by atoms with Crippen LogP contribution in [0.5, 0.6) is 0 Å². The fourth-order valence-corrected chi connectivity index (χ4v) is 2.13. The Hall–Kier alpha value is -1.87. The number of carbonyl (C=O) groups is 1. The molecule has 5 nitrogen and oxygen atoms in total. The highest BCUT2D eigenvalue weighted by atomic mass is 127. The van der Waals surface area contributed by atoms with Crippen LogP contribution in [0.1, 0.15) is 12.5 Å². The van der Waals surface area contributed by atoms with Crippen LogP contribution in [-0.4, -0.2) is 25.0 Å². The van der Waals surface area contributed by atoms with E-state index in [1.54, 1.807) is 0 Å². The fourth-order valence-electron chi connectivity index (χ4n) is 2.00. The molecule has 0 aliphatic rings. The van der Waals surface area contributed by atoms with Crippen molar-refractivity contribution in [2.24, 2.45) is 4.99 Å². The molecule has 0 aliphatic heterocycles. The lowest BCUT2D eigenvalue weighted by Crippen LogP contribution is -2.41. The quantitative estimate of drug-likeness (QED) is 0.328. The molecule has 2 rings (SSSR count). The maximum absolute atomic E-state index is 12.9. The number of carbonyl (C=O) groups excluding carboxylic acids is 1. The molecule has 0 bridgehead atoms. The fraction of sp³-hybridized carbons (Fsp3) is 0.222. The Morgan fingerprint density at radius 2 is 1.73 bits per heavy atom. The van der Waals surface area contributed by atoms with Gasteiger partial charge in [-0.2, -0.15) is 0 Å². The molecular formula is C18H21ClFIN4O. The molecule has 0 aliphatic carbocycles. The van der Waals surface area contributed by atoms with E-state index in [2.05, 4.69) is 20.9 Å². The molecule has 0 aromatic heterocycles. The average molecular weight is 491 g/mol. The smallest absolute Gasteiger partial charge is 0.243 e. The SMILES string of the molecule is CCNC(=NCc1ccc(Cl)cc1)NCC(=O)Nc1ccc(F)cc1.I. The van der Waals surface area contributed by atoms with Crippen molar-refractivity contribution < 1.29 is 9.18 Å². The number of benzene rings is 2. The van der Waals surface area contributed by atoms with E-state index in [0.717, 1.165) is 5.56 Å². The Morgan fingerprint density at radius 3 is 2.35 bits per heavy atom. The molecule has 0 radical (unpaired) electrons. The molecule has 140 valence electrons. The summed E-state index contributed by atoms with van der Waals surface area (Å²) in [5, 5.41) is 9.39. The predicted molar refractivity (Wildman–Crippen MR) is 115 cm³/mol. The van der Waals surface area contributed by atoms with Gasteiger partial charge in [-0.15, -0.1) is 24.0 Å². The maximum Gasteiger partial charge on any atom is 0.243 e. The van der Waals surface area contributed by atoms with Gasteiger partial charge in [-0.25, -0.2) is 9.38 Å². The van der Waals surface area contributed by atoms with Crippen LogP contribution in [0.15, 0.2) is 53.5 Å². The topological polar surface area (TPSA) is 65.5 Å². The van der Waals surface area contributed by atoms with Gasteiger partial charge in [0.05, 0.1) is 13.1 Å². The number of anilines is 1. The highest BCUT2D eigenvalue weighted by Gasteiger charge is 2.04. The van der Waals surface area contributed by atoms with E-state index in [9.17, 15) is 9.18 Å². The molecule has 2 aromatic carbocycles. The van der Waals surface area contributed by atoms with Crippen molar-refractivity contribution in [1.29, 1.82) is 0 Å². The maximum atomic E-state index is 12.9. The first-order chi connectivity index (χ1) is 12.1. The second-order valence-electron chi connectivity index (χ2n) is 5.23. The van der Waals surface area contributed by atoms with Crippen LogP contribution in [0.4, 0.5) is 10.1 Å². The summed E-state index contributed by atoms with van der Waals surface area (Å²) in [7, 11) is 0. The average Bonchev–Trinajstić information content (AvgIpc) is 2.61. The largest absolute Gasteiger partial charge is 0.357 e. The monoisotopic (exact) mass is 490 g/mol. The molecule has 3 N–H and O–H groups in total. The summed E-state index contributed by atoms with van der Waals surface area (Å²) in [6, 6.07) is 13.0. The zero-order chi connectivity index (χ0) is 18.1. The van der Waals surface area contributed by atoms with Crippen LogP contribution in [-0.2, 0) is 11.3 Å². The van der Waals surface area contributed by atoms with E-state index >= 15 is 0 Å². The van der Waals surface area contributed by atoms with E-state index in [1.165, 1.54) is 24.3 Å². The molecule has 0 saturated heterocycles. The molecule has 1 amide bonds. The van der Waals surface area contributed by atoms with Crippen molar-refractivity contribution in [2.75, 3.05) is 18.4 Å². The summed E-state index contributed by atoms with van der Waals surface area (Å²) >= 11 is 5.86. The van der Waals surface area contributed by atoms with Crippen molar-refractivity contribution >= 4 is 53.1 Å². The highest BCUT2D eigenvalue weighted by Crippen LogP contribution is 2.10. The molecule has 0 saturated carbocycles. The van der Waals surface area contributed by atoms with Gasteiger partial charge in [-0.1, -0.05) is 23.7 Å². The first-order valence-electron chi connectivity index (χ1n) is 7.89.